The molecular formula is C36H62O12. The van der Waals surface area contributed by atoms with E-state index in [1.807, 2.05) is 0 Å². The van der Waals surface area contributed by atoms with Gasteiger partial charge in [0.2, 0.25) is 0 Å². The van der Waals surface area contributed by atoms with Crippen molar-refractivity contribution in [2.45, 2.75) is 166 Å². The predicted molar refractivity (Wildman–Crippen MR) is 172 cm³/mol. The lowest BCUT2D eigenvalue weighted by atomic mass is 9.43. The van der Waals surface area contributed by atoms with Gasteiger partial charge in [-0.25, -0.2) is 0 Å². The van der Waals surface area contributed by atoms with Gasteiger partial charge in [0, 0.05) is 5.41 Å². The molecule has 2 aliphatic heterocycles. The first kappa shape index (κ1) is 37.3. The molecule has 0 aromatic heterocycles. The van der Waals surface area contributed by atoms with Crippen molar-refractivity contribution in [2.75, 3.05) is 13.2 Å². The fourth-order valence-corrected chi connectivity index (χ4v) is 11.8. The number of aliphatic hydroxyl groups excluding tert-OH is 8. The minimum atomic E-state index is -1.52. The van der Waals surface area contributed by atoms with Crippen LogP contribution >= 0.6 is 0 Å². The largest absolute Gasteiger partial charge is 0.394 e. The van der Waals surface area contributed by atoms with Gasteiger partial charge >= 0.3 is 0 Å². The van der Waals surface area contributed by atoms with Crippen molar-refractivity contribution in [1.29, 1.82) is 0 Å². The average molecular weight is 687 g/mol. The zero-order valence-electron chi connectivity index (χ0n) is 29.1. The van der Waals surface area contributed by atoms with Crippen LogP contribution in [-0.2, 0) is 18.9 Å². The SMILES string of the molecule is CCC[C@@H](C)[C@H]1CC[C@H]2C3[C@H](O[C@@H]4OC(CO)[C@@H](O)[C@H](O)C4O)C[C@@H]4CCCC[C@]4(C)[C@H]3C[C@H](O[C@@H]3OC(CO)[C@@H](O)[C@H](O)C3O)[C@]12C. The molecule has 0 amide bonds. The highest BCUT2D eigenvalue weighted by molar-refractivity contribution is 5.15. The fraction of sp³-hybridized carbons (Fsp3) is 1.00. The van der Waals surface area contributed by atoms with Crippen LogP contribution in [0, 0.1) is 46.3 Å². The highest BCUT2D eigenvalue weighted by atomic mass is 16.7. The normalized spacial score (nSPS) is 54.6. The van der Waals surface area contributed by atoms with E-state index in [1.165, 1.54) is 0 Å². The molecule has 0 aromatic carbocycles. The van der Waals surface area contributed by atoms with Crippen LogP contribution in [0.15, 0.2) is 0 Å². The molecule has 4 aliphatic carbocycles. The van der Waals surface area contributed by atoms with E-state index in [0.29, 0.717) is 24.2 Å². The maximum Gasteiger partial charge on any atom is 0.186 e. The Morgan fingerprint density at radius 3 is 1.92 bits per heavy atom. The molecule has 4 saturated carbocycles. The second-order valence-electron chi connectivity index (χ2n) is 16.7. The van der Waals surface area contributed by atoms with Crippen LogP contribution in [0.1, 0.15) is 91.9 Å². The summed E-state index contributed by atoms with van der Waals surface area (Å²) >= 11 is 0. The summed E-state index contributed by atoms with van der Waals surface area (Å²) in [6.45, 7) is 8.16. The van der Waals surface area contributed by atoms with Crippen molar-refractivity contribution >= 4 is 0 Å². The van der Waals surface area contributed by atoms with Crippen molar-refractivity contribution in [2.24, 2.45) is 46.3 Å². The molecular weight excluding hydrogens is 624 g/mol. The predicted octanol–water partition coefficient (Wildman–Crippen LogP) is 1.06. The van der Waals surface area contributed by atoms with Crippen LogP contribution in [0.5, 0.6) is 0 Å². The van der Waals surface area contributed by atoms with Gasteiger partial charge < -0.3 is 59.8 Å². The Morgan fingerprint density at radius 1 is 0.729 bits per heavy atom. The first-order valence-corrected chi connectivity index (χ1v) is 18.7. The summed E-state index contributed by atoms with van der Waals surface area (Å²) in [5.41, 5.74) is -0.382. The van der Waals surface area contributed by atoms with Gasteiger partial charge in [-0.15, -0.1) is 0 Å². The second-order valence-corrected chi connectivity index (χ2v) is 16.7. The summed E-state index contributed by atoms with van der Waals surface area (Å²) in [5, 5.41) is 84.1. The van der Waals surface area contributed by atoms with Crippen molar-refractivity contribution in [3.63, 3.8) is 0 Å². The molecule has 278 valence electrons. The molecule has 8 N–H and O–H groups in total. The molecule has 6 aliphatic rings. The Morgan fingerprint density at radius 2 is 1.33 bits per heavy atom. The molecule has 0 aromatic rings. The third-order valence-corrected chi connectivity index (χ3v) is 14.5. The van der Waals surface area contributed by atoms with E-state index in [1.54, 1.807) is 0 Å². The van der Waals surface area contributed by atoms with E-state index in [0.717, 1.165) is 57.8 Å². The number of aliphatic hydroxyl groups is 8. The monoisotopic (exact) mass is 686 g/mol. The van der Waals surface area contributed by atoms with E-state index >= 15 is 0 Å². The van der Waals surface area contributed by atoms with Gasteiger partial charge in [0.05, 0.1) is 25.4 Å². The lowest BCUT2D eigenvalue weighted by molar-refractivity contribution is -0.345. The lowest BCUT2D eigenvalue weighted by Gasteiger charge is -2.65. The van der Waals surface area contributed by atoms with E-state index in [2.05, 4.69) is 27.7 Å². The third kappa shape index (κ3) is 6.11. The van der Waals surface area contributed by atoms with E-state index < -0.39 is 74.6 Å². The van der Waals surface area contributed by atoms with Crippen LogP contribution < -0.4 is 0 Å². The molecule has 48 heavy (non-hydrogen) atoms. The number of fused-ring (bicyclic) bond motifs is 5. The quantitative estimate of drug-likeness (QED) is 0.161. The van der Waals surface area contributed by atoms with Crippen LogP contribution in [-0.4, -0.2) is 128 Å². The Labute approximate surface area is 284 Å². The number of rotatable bonds is 9. The van der Waals surface area contributed by atoms with Crippen molar-refractivity contribution in [3.8, 4) is 0 Å². The Balaban J connectivity index is 1.37. The summed E-state index contributed by atoms with van der Waals surface area (Å²) < 4.78 is 25.5. The molecule has 0 spiro atoms. The Bertz CT molecular complexity index is 1080. The van der Waals surface area contributed by atoms with Gasteiger partial charge in [-0.3, -0.25) is 0 Å². The summed E-state index contributed by atoms with van der Waals surface area (Å²) in [7, 11) is 0. The molecule has 6 rings (SSSR count). The van der Waals surface area contributed by atoms with Crippen LogP contribution in [0.3, 0.4) is 0 Å². The molecule has 20 atom stereocenters. The summed E-state index contributed by atoms with van der Waals surface area (Å²) in [4.78, 5) is 0. The van der Waals surface area contributed by atoms with Crippen LogP contribution in [0.2, 0.25) is 0 Å². The second kappa shape index (κ2) is 14.5. The van der Waals surface area contributed by atoms with Crippen LogP contribution in [0.25, 0.3) is 0 Å². The Hall–Kier alpha value is -0.480. The van der Waals surface area contributed by atoms with E-state index in [9.17, 15) is 40.9 Å². The van der Waals surface area contributed by atoms with E-state index in [-0.39, 0.29) is 40.8 Å². The molecule has 12 nitrogen and oxygen atoms in total. The van der Waals surface area contributed by atoms with Gasteiger partial charge in [-0.05, 0) is 79.4 Å². The molecule has 12 heteroatoms. The Kier molecular flexibility index (Phi) is 11.3. The zero-order valence-corrected chi connectivity index (χ0v) is 29.1. The van der Waals surface area contributed by atoms with Crippen molar-refractivity contribution in [1.82, 2.24) is 0 Å². The zero-order chi connectivity index (χ0) is 34.7. The summed E-state index contributed by atoms with van der Waals surface area (Å²) in [6, 6.07) is 0. The molecule has 5 unspecified atom stereocenters. The lowest BCUT2D eigenvalue weighted by Crippen LogP contribution is -2.66. The third-order valence-electron chi connectivity index (χ3n) is 14.5. The van der Waals surface area contributed by atoms with Gasteiger partial charge in [0.1, 0.15) is 48.8 Å². The van der Waals surface area contributed by atoms with Gasteiger partial charge in [0.25, 0.3) is 0 Å². The summed E-state index contributed by atoms with van der Waals surface area (Å²) in [6.07, 6.45) is -4.24. The molecule has 0 bridgehead atoms. The van der Waals surface area contributed by atoms with Crippen molar-refractivity contribution in [3.05, 3.63) is 0 Å². The van der Waals surface area contributed by atoms with Gasteiger partial charge in [0.15, 0.2) is 12.6 Å². The molecule has 2 heterocycles. The maximum absolute atomic E-state index is 11.1. The maximum atomic E-state index is 11.1. The minimum Gasteiger partial charge on any atom is -0.394 e. The smallest absolute Gasteiger partial charge is 0.186 e. The van der Waals surface area contributed by atoms with E-state index in [4.69, 9.17) is 18.9 Å². The number of ether oxygens (including phenoxy) is 4. The molecule has 2 saturated heterocycles. The van der Waals surface area contributed by atoms with Crippen molar-refractivity contribution < 1.29 is 59.8 Å². The fourth-order valence-electron chi connectivity index (χ4n) is 11.8. The van der Waals surface area contributed by atoms with Gasteiger partial charge in [-0.1, -0.05) is 53.4 Å². The van der Waals surface area contributed by atoms with Gasteiger partial charge in [-0.2, -0.15) is 0 Å². The average Bonchev–Trinajstić information content (AvgIpc) is 3.43. The molecule has 0 radical (unpaired) electrons. The topological polar surface area (TPSA) is 199 Å². The number of hydrogen-bond donors (Lipinski definition) is 8. The van der Waals surface area contributed by atoms with Crippen LogP contribution in [0.4, 0.5) is 0 Å². The highest BCUT2D eigenvalue weighted by Gasteiger charge is 2.67. The number of hydrogen-bond acceptors (Lipinski definition) is 12. The minimum absolute atomic E-state index is 0.0103. The molecule has 6 fully saturated rings. The summed E-state index contributed by atoms with van der Waals surface area (Å²) in [5.74, 6) is 1.41. The first-order valence-electron chi connectivity index (χ1n) is 18.7. The highest BCUT2D eigenvalue weighted by Crippen LogP contribution is 2.69. The standard InChI is InChI=1S/C36H62O12/c1-5-8-17(2)19-10-11-20-26-21(14-25(36(19,20)4)48-34-32(44)30(42)28(40)24(16-38)47-34)35(3)12-7-6-9-18(35)13-22(26)45-33-31(43)29(41)27(39)23(15-37)46-33/h17-34,37-44H,5-16H2,1-4H3/t17-,18+,19-,20+,21+,22-,23?,24?,25+,26?,27-,28-,29+,30+,31?,32?,33-,34+,35+,36-/m1/s1. The first-order chi connectivity index (χ1) is 22.8.